The van der Waals surface area contributed by atoms with Gasteiger partial charge in [-0.05, 0) is 42.0 Å². The summed E-state index contributed by atoms with van der Waals surface area (Å²) < 4.78 is 15.6. The van der Waals surface area contributed by atoms with Gasteiger partial charge in [-0.25, -0.2) is 5.43 Å². The second kappa shape index (κ2) is 7.60. The summed E-state index contributed by atoms with van der Waals surface area (Å²) in [5.41, 5.74) is 4.51. The molecule has 0 aliphatic carbocycles. The highest BCUT2D eigenvalue weighted by atomic mass is 16.5. The highest BCUT2D eigenvalue weighted by Crippen LogP contribution is 2.32. The van der Waals surface area contributed by atoms with E-state index in [0.29, 0.717) is 17.2 Å². The van der Waals surface area contributed by atoms with Crippen LogP contribution in [0.1, 0.15) is 16.1 Å². The van der Waals surface area contributed by atoms with Crippen molar-refractivity contribution in [1.29, 1.82) is 0 Å². The average Bonchev–Trinajstić information content (AvgIpc) is 3.10. The van der Waals surface area contributed by atoms with E-state index in [1.807, 2.05) is 30.3 Å². The number of rotatable bonds is 6. The molecule has 0 atom stereocenters. The maximum Gasteiger partial charge on any atom is 0.287 e. The Balaban J connectivity index is 1.73. The van der Waals surface area contributed by atoms with Crippen molar-refractivity contribution in [2.75, 3.05) is 21.3 Å². The number of fused-ring (bicyclic) bond motifs is 1. The number of benzene rings is 2. The zero-order valence-corrected chi connectivity index (χ0v) is 14.7. The predicted octanol–water partition coefficient (Wildman–Crippen LogP) is 2.96. The van der Waals surface area contributed by atoms with Gasteiger partial charge in [0, 0.05) is 17.0 Å². The Bertz CT molecular complexity index is 904. The fourth-order valence-electron chi connectivity index (χ4n) is 2.50. The van der Waals surface area contributed by atoms with Crippen LogP contribution in [0.5, 0.6) is 17.2 Å². The first-order valence-corrected chi connectivity index (χ1v) is 7.87. The highest BCUT2D eigenvalue weighted by molar-refractivity contribution is 5.99. The average molecular weight is 353 g/mol. The zero-order chi connectivity index (χ0) is 18.5. The molecule has 26 heavy (non-hydrogen) atoms. The van der Waals surface area contributed by atoms with E-state index in [0.717, 1.165) is 22.2 Å². The highest BCUT2D eigenvalue weighted by Gasteiger charge is 2.12. The van der Waals surface area contributed by atoms with Crippen molar-refractivity contribution in [3.8, 4) is 17.2 Å². The molecule has 0 spiro atoms. The third-order valence-corrected chi connectivity index (χ3v) is 3.87. The summed E-state index contributed by atoms with van der Waals surface area (Å²) in [6.45, 7) is 0. The third kappa shape index (κ3) is 3.61. The fraction of sp³-hybridized carbons (Fsp3) is 0.158. The van der Waals surface area contributed by atoms with Gasteiger partial charge < -0.3 is 19.2 Å². The maximum absolute atomic E-state index is 12.3. The lowest BCUT2D eigenvalue weighted by molar-refractivity contribution is 0.0951. The Morgan fingerprint density at radius 3 is 2.35 bits per heavy atom. The molecule has 3 rings (SSSR count). The van der Waals surface area contributed by atoms with Gasteiger partial charge in [-0.3, -0.25) is 4.79 Å². The lowest BCUT2D eigenvalue weighted by Crippen LogP contribution is -2.17. The molecular formula is C19H19N3O4. The Morgan fingerprint density at radius 2 is 1.69 bits per heavy atom. The predicted molar refractivity (Wildman–Crippen MR) is 99.5 cm³/mol. The summed E-state index contributed by atoms with van der Waals surface area (Å²) >= 11 is 0. The molecule has 1 heterocycles. The first-order valence-electron chi connectivity index (χ1n) is 7.87. The minimum absolute atomic E-state index is 0.344. The number of H-pyrrole nitrogens is 1. The van der Waals surface area contributed by atoms with Crippen LogP contribution < -0.4 is 19.6 Å². The number of hydrogen-bond acceptors (Lipinski definition) is 5. The number of nitrogens with one attached hydrogen (secondary N) is 2. The van der Waals surface area contributed by atoms with Crippen LogP contribution in [-0.4, -0.2) is 38.4 Å². The minimum Gasteiger partial charge on any atom is -0.497 e. The van der Waals surface area contributed by atoms with Crippen molar-refractivity contribution >= 4 is 23.0 Å². The molecule has 134 valence electrons. The van der Waals surface area contributed by atoms with Gasteiger partial charge >= 0.3 is 0 Å². The lowest BCUT2D eigenvalue weighted by atomic mass is 10.2. The summed E-state index contributed by atoms with van der Waals surface area (Å²) in [7, 11) is 4.74. The van der Waals surface area contributed by atoms with Crippen molar-refractivity contribution < 1.29 is 19.0 Å². The van der Waals surface area contributed by atoms with E-state index in [2.05, 4.69) is 15.5 Å². The molecule has 0 radical (unpaired) electrons. The van der Waals surface area contributed by atoms with Crippen molar-refractivity contribution in [2.45, 2.75) is 0 Å². The number of aromatic nitrogens is 1. The summed E-state index contributed by atoms with van der Waals surface area (Å²) in [4.78, 5) is 15.3. The van der Waals surface area contributed by atoms with Crippen molar-refractivity contribution in [2.24, 2.45) is 5.10 Å². The van der Waals surface area contributed by atoms with E-state index >= 15 is 0 Å². The van der Waals surface area contributed by atoms with Crippen molar-refractivity contribution in [3.63, 3.8) is 0 Å². The number of ether oxygens (including phenoxy) is 3. The monoisotopic (exact) mass is 353 g/mol. The molecule has 2 aromatic carbocycles. The van der Waals surface area contributed by atoms with Gasteiger partial charge in [-0.15, -0.1) is 0 Å². The molecule has 2 N–H and O–H groups in total. The Labute approximate surface area is 150 Å². The third-order valence-electron chi connectivity index (χ3n) is 3.87. The second-order valence-electron chi connectivity index (χ2n) is 5.45. The summed E-state index contributed by atoms with van der Waals surface area (Å²) in [5.74, 6) is 1.61. The molecule has 1 aromatic heterocycles. The first kappa shape index (κ1) is 17.3. The molecule has 0 bridgehead atoms. The van der Waals surface area contributed by atoms with E-state index < -0.39 is 0 Å². The normalized spacial score (nSPS) is 10.9. The van der Waals surface area contributed by atoms with Crippen LogP contribution in [0.25, 0.3) is 10.9 Å². The van der Waals surface area contributed by atoms with Crippen LogP contribution in [0.2, 0.25) is 0 Å². The van der Waals surface area contributed by atoms with E-state index in [1.54, 1.807) is 39.7 Å². The van der Waals surface area contributed by atoms with Gasteiger partial charge in [0.05, 0.1) is 27.5 Å². The Hall–Kier alpha value is -3.48. The van der Waals surface area contributed by atoms with E-state index in [1.165, 1.54) is 0 Å². The van der Waals surface area contributed by atoms with Crippen LogP contribution in [0.15, 0.2) is 47.6 Å². The smallest absolute Gasteiger partial charge is 0.287 e. The SMILES string of the molecule is COc1ccc(/C=N\NC(=O)c2cc3cc(OC)c(OC)cc3[nH]2)cc1. The molecule has 0 saturated carbocycles. The van der Waals surface area contributed by atoms with Crippen LogP contribution in [-0.2, 0) is 0 Å². The Kier molecular flexibility index (Phi) is 5.07. The molecular weight excluding hydrogens is 334 g/mol. The van der Waals surface area contributed by atoms with Gasteiger partial charge in [0.1, 0.15) is 11.4 Å². The van der Waals surface area contributed by atoms with E-state index in [4.69, 9.17) is 14.2 Å². The summed E-state index contributed by atoms with van der Waals surface area (Å²) in [5, 5.41) is 4.82. The van der Waals surface area contributed by atoms with E-state index in [-0.39, 0.29) is 5.91 Å². The molecule has 0 aliphatic heterocycles. The van der Waals surface area contributed by atoms with Gasteiger partial charge in [0.2, 0.25) is 0 Å². The number of amides is 1. The van der Waals surface area contributed by atoms with Crippen molar-refractivity contribution in [1.82, 2.24) is 10.4 Å². The number of hydrogen-bond donors (Lipinski definition) is 2. The standard InChI is InChI=1S/C19H19N3O4/c1-24-14-6-4-12(5-7-14)11-20-22-19(23)16-8-13-9-17(25-2)18(26-3)10-15(13)21-16/h4-11,21H,1-3H3,(H,22,23)/b20-11-. The maximum atomic E-state index is 12.3. The topological polar surface area (TPSA) is 84.9 Å². The Morgan fingerprint density at radius 1 is 1.00 bits per heavy atom. The largest absolute Gasteiger partial charge is 0.497 e. The van der Waals surface area contributed by atoms with Crippen LogP contribution in [0.4, 0.5) is 0 Å². The fourth-order valence-corrected chi connectivity index (χ4v) is 2.50. The molecule has 0 unspecified atom stereocenters. The number of carbonyl (C=O) groups excluding carboxylic acids is 1. The first-order chi connectivity index (χ1) is 12.6. The summed E-state index contributed by atoms with van der Waals surface area (Å²) in [6.07, 6.45) is 1.56. The van der Waals surface area contributed by atoms with Gasteiger partial charge in [-0.2, -0.15) is 5.10 Å². The number of methoxy groups -OCH3 is 3. The molecule has 7 nitrogen and oxygen atoms in total. The quantitative estimate of drug-likeness (QED) is 0.527. The molecule has 3 aromatic rings. The van der Waals surface area contributed by atoms with Gasteiger partial charge in [-0.1, -0.05) is 0 Å². The minimum atomic E-state index is -0.344. The number of nitrogens with zero attached hydrogens (tertiary/aromatic N) is 1. The van der Waals surface area contributed by atoms with Crippen LogP contribution >= 0.6 is 0 Å². The molecule has 0 fully saturated rings. The zero-order valence-electron chi connectivity index (χ0n) is 14.7. The number of carbonyl (C=O) groups is 1. The second-order valence-corrected chi connectivity index (χ2v) is 5.45. The number of hydrazone groups is 1. The van der Waals surface area contributed by atoms with Gasteiger partial charge in [0.15, 0.2) is 11.5 Å². The molecule has 0 aliphatic rings. The van der Waals surface area contributed by atoms with Crippen molar-refractivity contribution in [3.05, 3.63) is 53.7 Å². The molecule has 7 heteroatoms. The van der Waals surface area contributed by atoms with Gasteiger partial charge in [0.25, 0.3) is 5.91 Å². The summed E-state index contributed by atoms with van der Waals surface area (Å²) in [6, 6.07) is 12.7. The molecule has 0 saturated heterocycles. The van der Waals surface area contributed by atoms with Crippen LogP contribution in [0.3, 0.4) is 0 Å². The lowest BCUT2D eigenvalue weighted by Gasteiger charge is -2.06. The van der Waals surface area contributed by atoms with E-state index in [9.17, 15) is 4.79 Å². The number of aromatic amines is 1. The molecule has 1 amide bonds. The van der Waals surface area contributed by atoms with Crippen LogP contribution in [0, 0.1) is 0 Å².